The predicted octanol–water partition coefficient (Wildman–Crippen LogP) is 5.14. The van der Waals surface area contributed by atoms with Crippen molar-refractivity contribution in [1.82, 2.24) is 0 Å². The van der Waals surface area contributed by atoms with Crippen LogP contribution in [0.3, 0.4) is 0 Å². The van der Waals surface area contributed by atoms with E-state index in [9.17, 15) is 4.79 Å². The maximum atomic E-state index is 12.3. The summed E-state index contributed by atoms with van der Waals surface area (Å²) in [5.74, 6) is -0.159. The van der Waals surface area contributed by atoms with E-state index in [1.807, 2.05) is 54.6 Å². The highest BCUT2D eigenvalue weighted by Gasteiger charge is 2.10. The lowest BCUT2D eigenvalue weighted by atomic mass is 10.1. The normalized spacial score (nSPS) is 10.6. The molecule has 1 N–H and O–H groups in total. The van der Waals surface area contributed by atoms with Gasteiger partial charge in [-0.3, -0.25) is 4.79 Å². The van der Waals surface area contributed by atoms with Crippen molar-refractivity contribution >= 4 is 50.9 Å². The van der Waals surface area contributed by atoms with Crippen LogP contribution >= 0.6 is 28.6 Å². The van der Waals surface area contributed by atoms with Crippen LogP contribution in [-0.2, 0) is 0 Å². The Bertz CT molecular complexity index is 832. The first-order chi connectivity index (χ1) is 10.1. The van der Waals surface area contributed by atoms with E-state index in [1.54, 1.807) is 6.07 Å². The Hall–Kier alpha value is -1.78. The molecule has 0 heterocycles. The number of fused-ring (bicyclic) bond motifs is 1. The number of nitrogens with one attached hydrogen (secondary N) is 1. The van der Waals surface area contributed by atoms with Gasteiger partial charge in [0.15, 0.2) is 0 Å². The number of thiol groups is 1. The molecule has 0 fully saturated rings. The van der Waals surface area contributed by atoms with E-state index < -0.39 is 0 Å². The second kappa shape index (κ2) is 5.92. The summed E-state index contributed by atoms with van der Waals surface area (Å²) in [6.07, 6.45) is 0. The molecule has 0 atom stereocenters. The SMILES string of the molecule is O=C(Nc1ccc2ccccc2c1)c1cc(S)ccc1Br. The fraction of sp³-hybridized carbons (Fsp3) is 0. The van der Waals surface area contributed by atoms with Crippen LogP contribution in [-0.4, -0.2) is 5.91 Å². The number of carbonyl (C=O) groups is 1. The number of hydrogen-bond donors (Lipinski definition) is 2. The number of carbonyl (C=O) groups excluding carboxylic acids is 1. The third-order valence-electron chi connectivity index (χ3n) is 3.20. The van der Waals surface area contributed by atoms with Crippen LogP contribution in [0.1, 0.15) is 10.4 Å². The number of halogens is 1. The van der Waals surface area contributed by atoms with Crippen molar-refractivity contribution in [3.05, 3.63) is 70.7 Å². The maximum Gasteiger partial charge on any atom is 0.256 e. The summed E-state index contributed by atoms with van der Waals surface area (Å²) in [5.41, 5.74) is 1.34. The molecule has 0 aliphatic heterocycles. The molecule has 0 saturated carbocycles. The average molecular weight is 358 g/mol. The van der Waals surface area contributed by atoms with Crippen molar-refractivity contribution < 1.29 is 4.79 Å². The molecule has 0 saturated heterocycles. The molecule has 1 amide bonds. The average Bonchev–Trinajstić information content (AvgIpc) is 2.49. The predicted molar refractivity (Wildman–Crippen MR) is 93.3 cm³/mol. The molecule has 0 bridgehead atoms. The fourth-order valence-electron chi connectivity index (χ4n) is 2.15. The van der Waals surface area contributed by atoms with E-state index in [2.05, 4.69) is 33.9 Å². The lowest BCUT2D eigenvalue weighted by molar-refractivity contribution is 0.102. The van der Waals surface area contributed by atoms with Gasteiger partial charge in [0, 0.05) is 15.1 Å². The molecular weight excluding hydrogens is 346 g/mol. The van der Waals surface area contributed by atoms with E-state index in [1.165, 1.54) is 0 Å². The topological polar surface area (TPSA) is 29.1 Å². The summed E-state index contributed by atoms with van der Waals surface area (Å²) in [4.78, 5) is 13.1. The summed E-state index contributed by atoms with van der Waals surface area (Å²) in [6.45, 7) is 0. The minimum absolute atomic E-state index is 0.159. The smallest absolute Gasteiger partial charge is 0.256 e. The highest BCUT2D eigenvalue weighted by molar-refractivity contribution is 9.10. The third-order valence-corrected chi connectivity index (χ3v) is 4.17. The van der Waals surface area contributed by atoms with Crippen LogP contribution < -0.4 is 5.32 Å². The minimum Gasteiger partial charge on any atom is -0.322 e. The largest absolute Gasteiger partial charge is 0.322 e. The molecule has 2 nitrogen and oxygen atoms in total. The summed E-state index contributed by atoms with van der Waals surface area (Å²) in [7, 11) is 0. The summed E-state index contributed by atoms with van der Waals surface area (Å²) in [6, 6.07) is 19.3. The number of hydrogen-bond acceptors (Lipinski definition) is 2. The Morgan fingerprint density at radius 1 is 0.952 bits per heavy atom. The molecular formula is C17H12BrNOS. The molecule has 0 aliphatic rings. The van der Waals surface area contributed by atoms with Gasteiger partial charge in [0.2, 0.25) is 0 Å². The number of anilines is 1. The summed E-state index contributed by atoms with van der Waals surface area (Å²) >= 11 is 7.66. The van der Waals surface area contributed by atoms with Gasteiger partial charge in [0.05, 0.1) is 5.56 Å². The lowest BCUT2D eigenvalue weighted by Crippen LogP contribution is -2.12. The molecule has 3 aromatic rings. The fourth-order valence-corrected chi connectivity index (χ4v) is 2.78. The number of amides is 1. The quantitative estimate of drug-likeness (QED) is 0.610. The standard InChI is InChI=1S/C17H12BrNOS/c18-16-8-7-14(21)10-15(16)17(20)19-13-6-5-11-3-1-2-4-12(11)9-13/h1-10,21H,(H,19,20). The molecule has 104 valence electrons. The highest BCUT2D eigenvalue weighted by Crippen LogP contribution is 2.23. The van der Waals surface area contributed by atoms with E-state index in [-0.39, 0.29) is 5.91 Å². The van der Waals surface area contributed by atoms with Crippen LogP contribution in [0.5, 0.6) is 0 Å². The van der Waals surface area contributed by atoms with Crippen molar-refractivity contribution in [2.24, 2.45) is 0 Å². The van der Waals surface area contributed by atoms with Gasteiger partial charge >= 0.3 is 0 Å². The van der Waals surface area contributed by atoms with E-state index >= 15 is 0 Å². The number of benzene rings is 3. The molecule has 0 aromatic heterocycles. The van der Waals surface area contributed by atoms with Gasteiger partial charge in [0.1, 0.15) is 0 Å². The monoisotopic (exact) mass is 357 g/mol. The van der Waals surface area contributed by atoms with Crippen molar-refractivity contribution in [2.45, 2.75) is 4.90 Å². The van der Waals surface area contributed by atoms with Gasteiger partial charge in [-0.25, -0.2) is 0 Å². The van der Waals surface area contributed by atoms with Crippen molar-refractivity contribution in [3.63, 3.8) is 0 Å². The third kappa shape index (κ3) is 3.12. The number of rotatable bonds is 2. The Morgan fingerprint density at radius 3 is 2.52 bits per heavy atom. The van der Waals surface area contributed by atoms with E-state index in [4.69, 9.17) is 0 Å². The van der Waals surface area contributed by atoms with Gasteiger partial charge in [-0.2, -0.15) is 0 Å². The van der Waals surface area contributed by atoms with Crippen LogP contribution in [0.15, 0.2) is 70.0 Å². The van der Waals surface area contributed by atoms with Crippen LogP contribution in [0.4, 0.5) is 5.69 Å². The minimum atomic E-state index is -0.159. The zero-order chi connectivity index (χ0) is 14.8. The molecule has 3 aromatic carbocycles. The van der Waals surface area contributed by atoms with Crippen LogP contribution in [0.25, 0.3) is 10.8 Å². The van der Waals surface area contributed by atoms with Crippen molar-refractivity contribution in [3.8, 4) is 0 Å². The molecule has 0 aliphatic carbocycles. The lowest BCUT2D eigenvalue weighted by Gasteiger charge is -2.08. The summed E-state index contributed by atoms with van der Waals surface area (Å²) < 4.78 is 0.749. The van der Waals surface area contributed by atoms with Gasteiger partial charge in [0.25, 0.3) is 5.91 Å². The Balaban J connectivity index is 1.90. The van der Waals surface area contributed by atoms with Crippen LogP contribution in [0.2, 0.25) is 0 Å². The van der Waals surface area contributed by atoms with Crippen molar-refractivity contribution in [2.75, 3.05) is 5.32 Å². The van der Waals surface area contributed by atoms with E-state index in [0.29, 0.717) is 5.56 Å². The summed E-state index contributed by atoms with van der Waals surface area (Å²) in [5, 5.41) is 5.16. The van der Waals surface area contributed by atoms with E-state index in [0.717, 1.165) is 25.8 Å². The molecule has 0 unspecified atom stereocenters. The molecule has 3 rings (SSSR count). The molecule has 4 heteroatoms. The molecule has 0 radical (unpaired) electrons. The highest BCUT2D eigenvalue weighted by atomic mass is 79.9. The van der Waals surface area contributed by atoms with Crippen molar-refractivity contribution in [1.29, 1.82) is 0 Å². The first-order valence-electron chi connectivity index (χ1n) is 6.42. The Kier molecular flexibility index (Phi) is 3.99. The van der Waals surface area contributed by atoms with Gasteiger partial charge in [-0.1, -0.05) is 30.3 Å². The van der Waals surface area contributed by atoms with Gasteiger partial charge < -0.3 is 5.32 Å². The molecule has 21 heavy (non-hydrogen) atoms. The molecule has 0 spiro atoms. The maximum absolute atomic E-state index is 12.3. The second-order valence-electron chi connectivity index (χ2n) is 4.68. The first-order valence-corrected chi connectivity index (χ1v) is 7.66. The zero-order valence-corrected chi connectivity index (χ0v) is 13.5. The van der Waals surface area contributed by atoms with Gasteiger partial charge in [-0.15, -0.1) is 12.6 Å². The second-order valence-corrected chi connectivity index (χ2v) is 6.05. The Morgan fingerprint density at radius 2 is 1.71 bits per heavy atom. The Labute approximate surface area is 136 Å². The van der Waals surface area contributed by atoms with Crippen LogP contribution in [0, 0.1) is 0 Å². The van der Waals surface area contributed by atoms with Gasteiger partial charge in [-0.05, 0) is 57.0 Å². The zero-order valence-electron chi connectivity index (χ0n) is 11.0. The first kappa shape index (κ1) is 14.2.